The van der Waals surface area contributed by atoms with Gasteiger partial charge in [0.2, 0.25) is 5.91 Å². The highest BCUT2D eigenvalue weighted by Gasteiger charge is 2.48. The first kappa shape index (κ1) is 19.0. The fourth-order valence-electron chi connectivity index (χ4n) is 3.45. The average Bonchev–Trinajstić information content (AvgIpc) is 3.39. The summed E-state index contributed by atoms with van der Waals surface area (Å²) < 4.78 is 5.88. The van der Waals surface area contributed by atoms with Gasteiger partial charge in [-0.05, 0) is 24.3 Å². The number of furan rings is 1. The van der Waals surface area contributed by atoms with Crippen molar-refractivity contribution in [3.63, 3.8) is 0 Å². The summed E-state index contributed by atoms with van der Waals surface area (Å²) in [4.78, 5) is 43.3. The molecule has 2 saturated heterocycles. The second kappa shape index (κ2) is 7.94. The van der Waals surface area contributed by atoms with Crippen LogP contribution in [0.4, 0.5) is 4.79 Å². The van der Waals surface area contributed by atoms with Gasteiger partial charge in [-0.3, -0.25) is 19.4 Å². The molecule has 0 spiro atoms. The van der Waals surface area contributed by atoms with Crippen LogP contribution in [0.25, 0.3) is 0 Å². The molecule has 1 N–H and O–H groups in total. The van der Waals surface area contributed by atoms with Crippen molar-refractivity contribution in [2.45, 2.75) is 19.1 Å². The van der Waals surface area contributed by atoms with E-state index in [1.54, 1.807) is 17.0 Å². The van der Waals surface area contributed by atoms with Crippen molar-refractivity contribution in [3.05, 3.63) is 45.5 Å². The Morgan fingerprint density at radius 1 is 1.29 bits per heavy atom. The molecule has 0 aliphatic carbocycles. The van der Waals surface area contributed by atoms with Crippen molar-refractivity contribution in [3.8, 4) is 0 Å². The zero-order valence-corrected chi connectivity index (χ0v) is 16.5. The van der Waals surface area contributed by atoms with Crippen LogP contribution in [0.5, 0.6) is 0 Å². The second-order valence-electron chi connectivity index (χ2n) is 6.71. The molecule has 148 valence electrons. The van der Waals surface area contributed by atoms with Gasteiger partial charge >= 0.3 is 6.03 Å². The number of fused-ring (bicyclic) bond motifs is 1. The number of carbonyl (C=O) groups excluding carboxylic acids is 3. The quantitative estimate of drug-likeness (QED) is 0.717. The Bertz CT molecular complexity index is 884. The highest BCUT2D eigenvalue weighted by atomic mass is 35.5. The van der Waals surface area contributed by atoms with Crippen LogP contribution in [0.1, 0.15) is 10.6 Å². The van der Waals surface area contributed by atoms with Crippen LogP contribution < -0.4 is 5.32 Å². The molecule has 10 heteroatoms. The largest absolute Gasteiger partial charge is 0.467 e. The Morgan fingerprint density at radius 2 is 2.14 bits per heavy atom. The predicted molar refractivity (Wildman–Crippen MR) is 103 cm³/mol. The Morgan fingerprint density at radius 3 is 2.86 bits per heavy atom. The third-order valence-electron chi connectivity index (χ3n) is 4.84. The van der Waals surface area contributed by atoms with Gasteiger partial charge in [0, 0.05) is 31.1 Å². The van der Waals surface area contributed by atoms with Crippen LogP contribution >= 0.6 is 22.9 Å². The van der Waals surface area contributed by atoms with Gasteiger partial charge in [0.1, 0.15) is 18.3 Å². The highest BCUT2D eigenvalue weighted by Crippen LogP contribution is 2.26. The number of carbonyl (C=O) groups is 3. The topological polar surface area (TPSA) is 86.1 Å². The molecule has 8 nitrogen and oxygen atoms in total. The number of amides is 4. The van der Waals surface area contributed by atoms with Gasteiger partial charge in [-0.2, -0.15) is 0 Å². The minimum Gasteiger partial charge on any atom is -0.467 e. The van der Waals surface area contributed by atoms with Crippen LogP contribution in [-0.4, -0.2) is 64.8 Å². The van der Waals surface area contributed by atoms with Crippen LogP contribution in [0.3, 0.4) is 0 Å². The van der Waals surface area contributed by atoms with E-state index in [4.69, 9.17) is 16.0 Å². The normalized spacial score (nSPS) is 20.0. The molecule has 0 aromatic carbocycles. The summed E-state index contributed by atoms with van der Waals surface area (Å²) in [5.74, 6) is -0.121. The Balaban J connectivity index is 1.34. The lowest BCUT2D eigenvalue weighted by atomic mass is 10.2. The monoisotopic (exact) mass is 422 g/mol. The van der Waals surface area contributed by atoms with Crippen LogP contribution in [0, 0.1) is 0 Å². The maximum absolute atomic E-state index is 12.7. The third-order valence-corrected chi connectivity index (χ3v) is 6.06. The van der Waals surface area contributed by atoms with Gasteiger partial charge in [-0.25, -0.2) is 4.79 Å². The van der Waals surface area contributed by atoms with E-state index in [0.717, 1.165) is 14.1 Å². The number of thiophene rings is 1. The number of nitrogens with zero attached hydrogens (tertiary/aromatic N) is 3. The van der Waals surface area contributed by atoms with E-state index in [0.29, 0.717) is 31.9 Å². The summed E-state index contributed by atoms with van der Waals surface area (Å²) in [5, 5.41) is 2.66. The third kappa shape index (κ3) is 3.91. The Kier molecular flexibility index (Phi) is 5.38. The molecule has 1 atom stereocenters. The van der Waals surface area contributed by atoms with Crippen molar-refractivity contribution < 1.29 is 18.8 Å². The average molecular weight is 423 g/mol. The van der Waals surface area contributed by atoms with Crippen LogP contribution in [-0.2, 0) is 22.7 Å². The number of imide groups is 1. The van der Waals surface area contributed by atoms with Gasteiger partial charge in [0.15, 0.2) is 0 Å². The molecule has 28 heavy (non-hydrogen) atoms. The first-order valence-electron chi connectivity index (χ1n) is 8.89. The summed E-state index contributed by atoms with van der Waals surface area (Å²) in [5.41, 5.74) is 0. The molecule has 2 aliphatic heterocycles. The van der Waals surface area contributed by atoms with Gasteiger partial charge < -0.3 is 14.6 Å². The lowest BCUT2D eigenvalue weighted by Gasteiger charge is -2.35. The van der Waals surface area contributed by atoms with Crippen molar-refractivity contribution in [1.29, 1.82) is 0 Å². The summed E-state index contributed by atoms with van der Waals surface area (Å²) in [6.45, 7) is 2.19. The Labute approximate surface area is 170 Å². The number of halogens is 1. The van der Waals surface area contributed by atoms with Gasteiger partial charge in [0.05, 0.1) is 17.1 Å². The number of nitrogens with one attached hydrogen (secondary N) is 1. The van der Waals surface area contributed by atoms with Crippen molar-refractivity contribution in [1.82, 2.24) is 20.0 Å². The maximum atomic E-state index is 12.7. The zero-order chi connectivity index (χ0) is 19.7. The van der Waals surface area contributed by atoms with Gasteiger partial charge in [-0.15, -0.1) is 11.3 Å². The predicted octanol–water partition coefficient (Wildman–Crippen LogP) is 1.76. The van der Waals surface area contributed by atoms with Crippen LogP contribution in [0.15, 0.2) is 34.9 Å². The molecule has 4 heterocycles. The summed E-state index contributed by atoms with van der Waals surface area (Å²) in [6.07, 6.45) is 1.52. The lowest BCUT2D eigenvalue weighted by molar-refractivity contribution is -0.133. The molecular formula is C18H19ClN4O4S. The van der Waals surface area contributed by atoms with E-state index in [2.05, 4.69) is 10.2 Å². The van der Waals surface area contributed by atoms with E-state index in [-0.39, 0.29) is 19.0 Å². The molecule has 4 rings (SSSR count). The molecule has 0 radical (unpaired) electrons. The van der Waals surface area contributed by atoms with Crippen molar-refractivity contribution in [2.24, 2.45) is 0 Å². The van der Waals surface area contributed by atoms with E-state index in [9.17, 15) is 14.4 Å². The van der Waals surface area contributed by atoms with Gasteiger partial charge in [0.25, 0.3) is 5.91 Å². The zero-order valence-electron chi connectivity index (χ0n) is 15.0. The van der Waals surface area contributed by atoms with E-state index in [1.807, 2.05) is 12.1 Å². The Hall–Kier alpha value is -2.36. The minimum atomic E-state index is -0.547. The number of hydrogen-bond donors (Lipinski definition) is 1. The number of piperazine rings is 1. The van der Waals surface area contributed by atoms with E-state index >= 15 is 0 Å². The molecule has 1 unspecified atom stereocenters. The smallest absolute Gasteiger partial charge is 0.328 e. The molecule has 2 fully saturated rings. The first-order valence-corrected chi connectivity index (χ1v) is 10.1. The van der Waals surface area contributed by atoms with E-state index in [1.165, 1.54) is 17.6 Å². The summed E-state index contributed by atoms with van der Waals surface area (Å²) >= 11 is 7.49. The molecular weight excluding hydrogens is 404 g/mol. The standard InChI is InChI=1S/C18H19ClN4O4S/c19-15-4-3-13(28-15)9-21-5-6-22-14(10-21)17(25)23(18(22)26)11-16(24)20-8-12-2-1-7-27-12/h1-4,7,14H,5-6,8-11H2,(H,20,24). The fourth-order valence-corrected chi connectivity index (χ4v) is 4.58. The van der Waals surface area contributed by atoms with E-state index < -0.39 is 18.0 Å². The first-order chi connectivity index (χ1) is 13.5. The van der Waals surface area contributed by atoms with Crippen molar-refractivity contribution >= 4 is 40.8 Å². The maximum Gasteiger partial charge on any atom is 0.328 e. The number of hydrogen-bond acceptors (Lipinski definition) is 6. The minimum absolute atomic E-state index is 0.215. The number of urea groups is 1. The molecule has 2 aromatic heterocycles. The van der Waals surface area contributed by atoms with Gasteiger partial charge in [-0.1, -0.05) is 11.6 Å². The molecule has 0 bridgehead atoms. The van der Waals surface area contributed by atoms with Crippen molar-refractivity contribution in [2.75, 3.05) is 26.2 Å². The van der Waals surface area contributed by atoms with Crippen LogP contribution in [0.2, 0.25) is 4.34 Å². The second-order valence-corrected chi connectivity index (χ2v) is 8.51. The fraction of sp³-hybridized carbons (Fsp3) is 0.389. The molecule has 0 saturated carbocycles. The molecule has 2 aromatic rings. The number of rotatable bonds is 6. The summed E-state index contributed by atoms with van der Waals surface area (Å²) in [6, 6.07) is 6.34. The highest BCUT2D eigenvalue weighted by molar-refractivity contribution is 7.16. The lowest BCUT2D eigenvalue weighted by Crippen LogP contribution is -2.52. The SMILES string of the molecule is O=C(CN1C(=O)C2CN(Cc3ccc(Cl)s3)CCN2C1=O)NCc1ccco1. The molecule has 2 aliphatic rings. The summed E-state index contributed by atoms with van der Waals surface area (Å²) in [7, 11) is 0. The molecule has 4 amide bonds.